The highest BCUT2D eigenvalue weighted by atomic mass is 16.3. The molecule has 1 aromatic heterocycles. The third kappa shape index (κ3) is 4.52. The Labute approximate surface area is 98.9 Å². The van der Waals surface area contributed by atoms with Crippen LogP contribution in [0.25, 0.3) is 6.08 Å². The lowest BCUT2D eigenvalue weighted by atomic mass is 10.1. The Morgan fingerprint density at radius 2 is 2.06 bits per heavy atom. The summed E-state index contributed by atoms with van der Waals surface area (Å²) in [6.07, 6.45) is 9.61. The minimum Gasteiger partial charge on any atom is -0.465 e. The van der Waals surface area contributed by atoms with Gasteiger partial charge in [-0.1, -0.05) is 17.2 Å². The van der Waals surface area contributed by atoms with E-state index >= 15 is 0 Å². The Kier molecular flexibility index (Phi) is 5.10. The van der Waals surface area contributed by atoms with Gasteiger partial charge in [0.25, 0.3) is 0 Å². The molecule has 0 aliphatic carbocycles. The lowest BCUT2D eigenvalue weighted by molar-refractivity contribution is 0.552. The van der Waals surface area contributed by atoms with Gasteiger partial charge in [-0.15, -0.1) is 0 Å². The highest BCUT2D eigenvalue weighted by Crippen LogP contribution is 2.15. The van der Waals surface area contributed by atoms with E-state index in [9.17, 15) is 0 Å². The van der Waals surface area contributed by atoms with Gasteiger partial charge in [0.15, 0.2) is 0 Å². The predicted molar refractivity (Wildman–Crippen MR) is 70.4 cm³/mol. The first-order valence-electron chi connectivity index (χ1n) is 5.96. The van der Waals surface area contributed by atoms with Crippen molar-refractivity contribution in [2.45, 2.75) is 47.0 Å². The monoisotopic (exact) mass is 218 g/mol. The summed E-state index contributed by atoms with van der Waals surface area (Å²) >= 11 is 0. The quantitative estimate of drug-likeness (QED) is 0.634. The van der Waals surface area contributed by atoms with Crippen LogP contribution < -0.4 is 0 Å². The standard InChI is InChI=1S/C15H22O/c1-5-13(4)7-6-8-14-10-15(16-11-14)9-12(2)3/h5,9-11H,6-8H2,1-4H3. The van der Waals surface area contributed by atoms with Crippen molar-refractivity contribution in [3.63, 3.8) is 0 Å². The van der Waals surface area contributed by atoms with Crippen LogP contribution in [0, 0.1) is 0 Å². The summed E-state index contributed by atoms with van der Waals surface area (Å²) in [5.41, 5.74) is 4.04. The fourth-order valence-electron chi connectivity index (χ4n) is 1.60. The summed E-state index contributed by atoms with van der Waals surface area (Å²) in [5, 5.41) is 0. The minimum atomic E-state index is 0.970. The van der Waals surface area contributed by atoms with Gasteiger partial charge in [-0.25, -0.2) is 0 Å². The van der Waals surface area contributed by atoms with E-state index in [-0.39, 0.29) is 0 Å². The first kappa shape index (κ1) is 12.8. The van der Waals surface area contributed by atoms with Gasteiger partial charge in [0.1, 0.15) is 5.76 Å². The Balaban J connectivity index is 2.44. The first-order chi connectivity index (χ1) is 7.61. The fraction of sp³-hybridized carbons (Fsp3) is 0.467. The first-order valence-corrected chi connectivity index (χ1v) is 5.96. The van der Waals surface area contributed by atoms with E-state index in [0.717, 1.165) is 12.2 Å². The van der Waals surface area contributed by atoms with Crippen LogP contribution in [-0.4, -0.2) is 0 Å². The van der Waals surface area contributed by atoms with Crippen molar-refractivity contribution >= 4 is 6.08 Å². The number of hydrogen-bond acceptors (Lipinski definition) is 1. The fourth-order valence-corrected chi connectivity index (χ4v) is 1.60. The van der Waals surface area contributed by atoms with Crippen LogP contribution in [0.3, 0.4) is 0 Å². The van der Waals surface area contributed by atoms with Crippen molar-refractivity contribution in [3.8, 4) is 0 Å². The average Bonchev–Trinajstić information content (AvgIpc) is 2.64. The molecule has 16 heavy (non-hydrogen) atoms. The van der Waals surface area contributed by atoms with Crippen LogP contribution in [0.2, 0.25) is 0 Å². The van der Waals surface area contributed by atoms with Crippen molar-refractivity contribution in [1.29, 1.82) is 0 Å². The van der Waals surface area contributed by atoms with Crippen molar-refractivity contribution in [1.82, 2.24) is 0 Å². The van der Waals surface area contributed by atoms with E-state index in [1.54, 1.807) is 0 Å². The highest BCUT2D eigenvalue weighted by Gasteiger charge is 1.99. The normalized spacial score (nSPS) is 11.6. The molecule has 88 valence electrons. The lowest BCUT2D eigenvalue weighted by Gasteiger charge is -1.98. The molecule has 0 unspecified atom stereocenters. The molecule has 0 radical (unpaired) electrons. The molecule has 0 bridgehead atoms. The summed E-state index contributed by atoms with van der Waals surface area (Å²) in [6.45, 7) is 8.44. The maximum Gasteiger partial charge on any atom is 0.126 e. The second-order valence-electron chi connectivity index (χ2n) is 4.57. The van der Waals surface area contributed by atoms with Crippen molar-refractivity contribution < 1.29 is 4.42 Å². The number of rotatable bonds is 5. The number of hydrogen-bond donors (Lipinski definition) is 0. The third-order valence-corrected chi connectivity index (χ3v) is 2.63. The summed E-state index contributed by atoms with van der Waals surface area (Å²) < 4.78 is 5.47. The molecule has 1 heterocycles. The Morgan fingerprint density at radius 1 is 1.31 bits per heavy atom. The number of furan rings is 1. The zero-order valence-corrected chi connectivity index (χ0v) is 10.8. The average molecular weight is 218 g/mol. The van der Waals surface area contributed by atoms with Crippen LogP contribution in [-0.2, 0) is 6.42 Å². The Hall–Kier alpha value is -1.24. The molecule has 0 saturated carbocycles. The van der Waals surface area contributed by atoms with Gasteiger partial charge in [0.05, 0.1) is 6.26 Å². The Bertz CT molecular complexity index is 376. The molecule has 0 amide bonds. The molecule has 1 heteroatoms. The molecule has 0 N–H and O–H groups in total. The van der Waals surface area contributed by atoms with E-state index in [0.29, 0.717) is 0 Å². The Morgan fingerprint density at radius 3 is 2.69 bits per heavy atom. The van der Waals surface area contributed by atoms with E-state index in [4.69, 9.17) is 4.42 Å². The third-order valence-electron chi connectivity index (χ3n) is 2.63. The molecule has 0 spiro atoms. The molecule has 0 fully saturated rings. The van der Waals surface area contributed by atoms with Gasteiger partial charge in [0.2, 0.25) is 0 Å². The number of allylic oxidation sites excluding steroid dienone is 3. The zero-order valence-electron chi connectivity index (χ0n) is 10.8. The van der Waals surface area contributed by atoms with Crippen LogP contribution in [0.15, 0.2) is 34.0 Å². The van der Waals surface area contributed by atoms with Gasteiger partial charge in [-0.3, -0.25) is 0 Å². The summed E-state index contributed by atoms with van der Waals surface area (Å²) in [7, 11) is 0. The maximum atomic E-state index is 5.47. The van der Waals surface area contributed by atoms with Crippen LogP contribution in [0.4, 0.5) is 0 Å². The van der Waals surface area contributed by atoms with E-state index in [1.807, 2.05) is 6.26 Å². The highest BCUT2D eigenvalue weighted by molar-refractivity contribution is 5.46. The minimum absolute atomic E-state index is 0.970. The molecule has 1 rings (SSSR count). The van der Waals surface area contributed by atoms with E-state index < -0.39 is 0 Å². The molecule has 0 saturated heterocycles. The molecule has 0 atom stereocenters. The predicted octanol–water partition coefficient (Wildman–Crippen LogP) is 4.99. The summed E-state index contributed by atoms with van der Waals surface area (Å²) in [5.74, 6) is 0.970. The number of aryl methyl sites for hydroxylation is 1. The largest absolute Gasteiger partial charge is 0.465 e. The molecular weight excluding hydrogens is 196 g/mol. The molecular formula is C15H22O. The van der Waals surface area contributed by atoms with Gasteiger partial charge < -0.3 is 4.42 Å². The van der Waals surface area contributed by atoms with Gasteiger partial charge >= 0.3 is 0 Å². The van der Waals surface area contributed by atoms with Crippen molar-refractivity contribution in [2.75, 3.05) is 0 Å². The van der Waals surface area contributed by atoms with E-state index in [2.05, 4.69) is 45.9 Å². The second kappa shape index (κ2) is 6.37. The topological polar surface area (TPSA) is 13.1 Å². The lowest BCUT2D eigenvalue weighted by Crippen LogP contribution is -1.83. The van der Waals surface area contributed by atoms with Crippen molar-refractivity contribution in [3.05, 3.63) is 40.9 Å². The summed E-state index contributed by atoms with van der Waals surface area (Å²) in [4.78, 5) is 0. The van der Waals surface area contributed by atoms with E-state index in [1.165, 1.54) is 29.6 Å². The summed E-state index contributed by atoms with van der Waals surface area (Å²) in [6, 6.07) is 2.14. The van der Waals surface area contributed by atoms with Crippen LogP contribution in [0.5, 0.6) is 0 Å². The smallest absolute Gasteiger partial charge is 0.126 e. The van der Waals surface area contributed by atoms with Crippen LogP contribution >= 0.6 is 0 Å². The molecule has 0 aromatic carbocycles. The second-order valence-corrected chi connectivity index (χ2v) is 4.57. The molecule has 0 aliphatic rings. The van der Waals surface area contributed by atoms with Gasteiger partial charge in [-0.2, -0.15) is 0 Å². The SMILES string of the molecule is CC=C(C)CCCc1coc(C=C(C)C)c1. The van der Waals surface area contributed by atoms with Gasteiger partial charge in [-0.05, 0) is 64.7 Å². The molecule has 0 aliphatic heterocycles. The molecule has 1 aromatic rings. The molecule has 1 nitrogen and oxygen atoms in total. The zero-order chi connectivity index (χ0) is 12.0. The van der Waals surface area contributed by atoms with Gasteiger partial charge in [0, 0.05) is 0 Å². The van der Waals surface area contributed by atoms with Crippen molar-refractivity contribution in [2.24, 2.45) is 0 Å². The van der Waals surface area contributed by atoms with Crippen LogP contribution in [0.1, 0.15) is 51.9 Å². The maximum absolute atomic E-state index is 5.47.